The van der Waals surface area contributed by atoms with Gasteiger partial charge in [-0.25, -0.2) is 19.4 Å². The van der Waals surface area contributed by atoms with Crippen molar-refractivity contribution in [2.75, 3.05) is 0 Å². The first-order valence-corrected chi connectivity index (χ1v) is 17.5. The molecule has 0 aromatic carbocycles. The van der Waals surface area contributed by atoms with Crippen molar-refractivity contribution in [3.63, 3.8) is 0 Å². The van der Waals surface area contributed by atoms with E-state index in [1.54, 1.807) is 0 Å². The van der Waals surface area contributed by atoms with E-state index in [4.69, 9.17) is 9.78 Å². The topological polar surface area (TPSA) is 98.8 Å². The highest BCUT2D eigenvalue weighted by atomic mass is 17.2. The minimum atomic E-state index is -0.993. The van der Waals surface area contributed by atoms with Crippen molar-refractivity contribution >= 4 is 23.6 Å². The average molecular weight is 628 g/mol. The Morgan fingerprint density at radius 2 is 1.47 bits per heavy atom. The normalized spacial score (nSPS) is 38.5. The number of nitrogens with one attached hydrogen (secondary N) is 1. The number of amides is 1. The molecule has 5 rings (SSSR count). The molecule has 7 heteroatoms. The van der Waals surface area contributed by atoms with E-state index in [0.29, 0.717) is 23.2 Å². The van der Waals surface area contributed by atoms with Crippen molar-refractivity contribution in [2.45, 2.75) is 153 Å². The van der Waals surface area contributed by atoms with Crippen molar-refractivity contribution in [2.24, 2.45) is 50.7 Å². The number of rotatable bonds is 2. The summed E-state index contributed by atoms with van der Waals surface area (Å²) >= 11 is 0. The zero-order valence-electron chi connectivity index (χ0n) is 30.3. The van der Waals surface area contributed by atoms with Crippen LogP contribution in [0.5, 0.6) is 0 Å². The lowest BCUT2D eigenvalue weighted by Crippen LogP contribution is -2.64. The molecule has 1 amide bonds. The van der Waals surface area contributed by atoms with Crippen LogP contribution < -0.4 is 5.32 Å². The Morgan fingerprint density at radius 1 is 0.822 bits per heavy atom. The minimum Gasteiger partial charge on any atom is -0.352 e. The van der Waals surface area contributed by atoms with Crippen molar-refractivity contribution in [1.82, 2.24) is 5.32 Å². The van der Waals surface area contributed by atoms with Crippen LogP contribution in [0.15, 0.2) is 11.1 Å². The molecule has 254 valence electrons. The van der Waals surface area contributed by atoms with E-state index < -0.39 is 17.4 Å². The summed E-state index contributed by atoms with van der Waals surface area (Å²) in [6, 6.07) is 0. The van der Waals surface area contributed by atoms with Crippen molar-refractivity contribution < 1.29 is 29.0 Å². The van der Waals surface area contributed by atoms with E-state index in [9.17, 15) is 19.2 Å². The molecule has 7 atom stereocenters. The third kappa shape index (κ3) is 5.92. The molecule has 0 bridgehead atoms. The van der Waals surface area contributed by atoms with Crippen molar-refractivity contribution in [3.8, 4) is 0 Å². The molecule has 0 aromatic rings. The number of carbonyl (C=O) groups is 4. The maximum absolute atomic E-state index is 13.6. The second-order valence-corrected chi connectivity index (χ2v) is 18.0. The second kappa shape index (κ2) is 11.8. The van der Waals surface area contributed by atoms with Crippen LogP contribution >= 0.6 is 0 Å². The van der Waals surface area contributed by atoms with Crippen LogP contribution in [0.1, 0.15) is 147 Å². The third-order valence-electron chi connectivity index (χ3n) is 13.4. The van der Waals surface area contributed by atoms with E-state index in [1.807, 2.05) is 20.8 Å². The Labute approximate surface area is 272 Å². The summed E-state index contributed by atoms with van der Waals surface area (Å²) in [5, 5.41) is 2.74. The highest BCUT2D eigenvalue weighted by molar-refractivity contribution is 6.06. The fourth-order valence-electron chi connectivity index (χ4n) is 11.7. The lowest BCUT2D eigenvalue weighted by molar-refractivity contribution is -0.267. The van der Waals surface area contributed by atoms with Gasteiger partial charge in [0.1, 0.15) is 5.41 Å². The predicted octanol–water partition coefficient (Wildman–Crippen LogP) is 8.30. The van der Waals surface area contributed by atoms with Gasteiger partial charge < -0.3 is 5.32 Å². The fourth-order valence-corrected chi connectivity index (χ4v) is 11.7. The van der Waals surface area contributed by atoms with Crippen molar-refractivity contribution in [3.05, 3.63) is 11.1 Å². The largest absolute Gasteiger partial charge is 0.366 e. The molecular formula is C38H61NO6. The molecule has 4 fully saturated rings. The van der Waals surface area contributed by atoms with Gasteiger partial charge in [-0.15, -0.1) is 0 Å². The summed E-state index contributed by atoms with van der Waals surface area (Å²) in [6.07, 6.45) is 10.3. The van der Waals surface area contributed by atoms with Gasteiger partial charge in [-0.05, 0) is 129 Å². The number of hydrogen-bond acceptors (Lipinski definition) is 6. The van der Waals surface area contributed by atoms with E-state index in [0.717, 1.165) is 36.3 Å². The maximum Gasteiger partial charge on any atom is 0.366 e. The zero-order chi connectivity index (χ0) is 34.0. The molecule has 5 aliphatic rings. The summed E-state index contributed by atoms with van der Waals surface area (Å²) in [4.78, 5) is 58.7. The summed E-state index contributed by atoms with van der Waals surface area (Å²) in [7, 11) is 0. The van der Waals surface area contributed by atoms with Gasteiger partial charge >= 0.3 is 11.9 Å². The van der Waals surface area contributed by atoms with Crippen LogP contribution in [-0.2, 0) is 29.0 Å². The lowest BCUT2D eigenvalue weighted by Gasteiger charge is -2.71. The Hall–Kier alpha value is -2.18. The number of Topliss-reactive ketones (excluding diaryl/α,β-unsaturated/α-hetero) is 1. The standard InChI is InChI=1S/C32H48O5.C6H13NO/c1-19(2)25-22(34)18-32(27(35)37-36-20(3)33)17-16-30(7)21(26(25)32)10-11-24-29(6)14-9-13-28(4,5)23(29)12-15-31(24,30)8;1-5(8)7-6(2,3)4/h19,21,23-24H,9-18H2,1-8H3;1-4H3,(H,7,8)/t21-,23+,24-,29+,30-,31-,32-;/m1./s1. The first kappa shape index (κ1) is 35.7. The molecule has 4 saturated carbocycles. The van der Waals surface area contributed by atoms with E-state index in [1.165, 1.54) is 46.0 Å². The summed E-state index contributed by atoms with van der Waals surface area (Å²) in [5.74, 6) is 0.522. The molecule has 45 heavy (non-hydrogen) atoms. The van der Waals surface area contributed by atoms with Gasteiger partial charge in [-0.1, -0.05) is 54.9 Å². The van der Waals surface area contributed by atoms with Crippen LogP contribution in [0, 0.1) is 50.7 Å². The number of fused-ring (bicyclic) bond motifs is 7. The number of hydrogen-bond donors (Lipinski definition) is 1. The Morgan fingerprint density at radius 3 is 2.00 bits per heavy atom. The fraction of sp³-hybridized carbons (Fsp3) is 0.842. The number of carbonyl (C=O) groups excluding carboxylic acids is 4. The number of ketones is 1. The highest BCUT2D eigenvalue weighted by Gasteiger charge is 2.70. The van der Waals surface area contributed by atoms with Crippen LogP contribution in [0.3, 0.4) is 0 Å². The van der Waals surface area contributed by atoms with Gasteiger partial charge in [0.15, 0.2) is 5.78 Å². The van der Waals surface area contributed by atoms with Gasteiger partial charge in [0.2, 0.25) is 5.91 Å². The molecule has 1 N–H and O–H groups in total. The van der Waals surface area contributed by atoms with E-state index in [2.05, 4.69) is 53.8 Å². The quantitative estimate of drug-likeness (QED) is 0.244. The molecule has 0 aliphatic heterocycles. The van der Waals surface area contributed by atoms with Crippen LogP contribution in [0.25, 0.3) is 0 Å². The molecule has 0 unspecified atom stereocenters. The van der Waals surface area contributed by atoms with Crippen molar-refractivity contribution in [1.29, 1.82) is 0 Å². The SMILES string of the molecule is CC(=O)NC(C)(C)C.CC(=O)OOC(=O)[C@@]12CC[C@]3(C)[C@H](CC[C@@H]4[C@@]5(C)CCCC(C)(C)[C@@H]5CC[C@]43C)C1=C(C(C)C)C(=O)C2. The summed E-state index contributed by atoms with van der Waals surface area (Å²) in [6.45, 7) is 25.4. The van der Waals surface area contributed by atoms with E-state index in [-0.39, 0.29) is 46.3 Å². The predicted molar refractivity (Wildman–Crippen MR) is 175 cm³/mol. The Kier molecular flexibility index (Phi) is 9.36. The summed E-state index contributed by atoms with van der Waals surface area (Å²) in [5.41, 5.74) is 1.70. The van der Waals surface area contributed by atoms with Gasteiger partial charge in [0, 0.05) is 25.8 Å². The molecule has 0 spiro atoms. The summed E-state index contributed by atoms with van der Waals surface area (Å²) < 4.78 is 0. The number of allylic oxidation sites excluding steroid dienone is 1. The highest BCUT2D eigenvalue weighted by Crippen LogP contribution is 2.76. The van der Waals surface area contributed by atoms with Crippen LogP contribution in [-0.4, -0.2) is 29.2 Å². The zero-order valence-corrected chi connectivity index (χ0v) is 30.3. The molecule has 0 radical (unpaired) electrons. The van der Waals surface area contributed by atoms with Gasteiger partial charge in [-0.3, -0.25) is 9.59 Å². The molecule has 0 saturated heterocycles. The van der Waals surface area contributed by atoms with Crippen LogP contribution in [0.4, 0.5) is 0 Å². The van der Waals surface area contributed by atoms with E-state index >= 15 is 0 Å². The van der Waals surface area contributed by atoms with Crippen LogP contribution in [0.2, 0.25) is 0 Å². The Balaban J connectivity index is 0.000000510. The maximum atomic E-state index is 13.6. The molecule has 0 aromatic heterocycles. The van der Waals surface area contributed by atoms with Gasteiger partial charge in [-0.2, -0.15) is 0 Å². The average Bonchev–Trinajstić information content (AvgIpc) is 3.19. The monoisotopic (exact) mass is 627 g/mol. The third-order valence-corrected chi connectivity index (χ3v) is 13.4. The molecule has 5 aliphatic carbocycles. The molecule has 0 heterocycles. The molecule has 7 nitrogen and oxygen atoms in total. The minimum absolute atomic E-state index is 0.0107. The van der Waals surface area contributed by atoms with Gasteiger partial charge in [0.05, 0.1) is 0 Å². The Bertz CT molecular complexity index is 1260. The lowest BCUT2D eigenvalue weighted by atomic mass is 9.33. The molecular weight excluding hydrogens is 566 g/mol. The first-order chi connectivity index (χ1) is 20.6. The first-order valence-electron chi connectivity index (χ1n) is 17.5. The smallest absolute Gasteiger partial charge is 0.352 e. The second-order valence-electron chi connectivity index (χ2n) is 18.0. The van der Waals surface area contributed by atoms with Gasteiger partial charge in [0.25, 0.3) is 0 Å².